The Morgan fingerprint density at radius 2 is 1.43 bits per heavy atom. The van der Waals surface area contributed by atoms with Crippen LogP contribution in [0.15, 0.2) is 84.0 Å². The molecule has 4 rings (SSSR count). The minimum atomic E-state index is -4.40. The number of hydrogen-bond acceptors (Lipinski definition) is 2. The fraction of sp³-hybridized carbons (Fsp3) is 0.148. The Balaban J connectivity index is 1.63. The molecule has 1 heterocycles. The van der Waals surface area contributed by atoms with Gasteiger partial charge in [-0.2, -0.15) is 13.2 Å². The Morgan fingerprint density at radius 1 is 0.857 bits per heavy atom. The van der Waals surface area contributed by atoms with Crippen molar-refractivity contribution in [2.45, 2.75) is 26.6 Å². The molecule has 8 heteroatoms. The highest BCUT2D eigenvalue weighted by Gasteiger charge is 2.29. The summed E-state index contributed by atoms with van der Waals surface area (Å²) >= 11 is 0. The Hall–Kier alpha value is -3.94. The predicted octanol–water partition coefficient (Wildman–Crippen LogP) is 7.69. The molecular weight excluding hydrogens is 463 g/mol. The highest BCUT2D eigenvalue weighted by molar-refractivity contribution is 6.01. The molecule has 4 aromatic rings. The lowest BCUT2D eigenvalue weighted by atomic mass is 10.1. The second kappa shape index (κ2) is 9.74. The number of nitrogens with zero attached hydrogens (tertiary/aromatic N) is 2. The zero-order valence-electron chi connectivity index (χ0n) is 18.9. The minimum absolute atomic E-state index is 0.00197. The molecule has 0 spiro atoms. The molecule has 0 saturated carbocycles. The van der Waals surface area contributed by atoms with E-state index >= 15 is 0 Å². The third kappa shape index (κ3) is 5.42. The fourth-order valence-electron chi connectivity index (χ4n) is 3.77. The van der Waals surface area contributed by atoms with Gasteiger partial charge in [-0.05, 0) is 91.7 Å². The first kappa shape index (κ1) is 24.2. The van der Waals surface area contributed by atoms with Crippen molar-refractivity contribution in [3.05, 3.63) is 113 Å². The van der Waals surface area contributed by atoms with Crippen LogP contribution in [0.2, 0.25) is 0 Å². The minimum Gasteiger partial charge on any atom is -0.391 e. The molecule has 0 atom stereocenters. The fourth-order valence-corrected chi connectivity index (χ4v) is 3.77. The number of halogens is 5. The summed E-state index contributed by atoms with van der Waals surface area (Å²) in [5.74, 6) is -0.725. The summed E-state index contributed by atoms with van der Waals surface area (Å²) in [4.78, 5) is 5.41. The smallest absolute Gasteiger partial charge is 0.391 e. The zero-order chi connectivity index (χ0) is 25.2. The molecule has 0 N–H and O–H groups in total. The van der Waals surface area contributed by atoms with Crippen molar-refractivity contribution in [3.8, 4) is 16.9 Å². The maximum Gasteiger partial charge on any atom is 0.416 e. The van der Waals surface area contributed by atoms with Gasteiger partial charge in [-0.1, -0.05) is 17.3 Å². The summed E-state index contributed by atoms with van der Waals surface area (Å²) in [5, 5.41) is 4.15. The molecule has 0 unspecified atom stereocenters. The molecular formula is C27H21F5N2O. The normalized spacial score (nSPS) is 12.1. The van der Waals surface area contributed by atoms with E-state index in [-0.39, 0.29) is 18.2 Å². The van der Waals surface area contributed by atoms with Gasteiger partial charge in [0.1, 0.15) is 18.2 Å². The van der Waals surface area contributed by atoms with Crippen molar-refractivity contribution in [3.63, 3.8) is 0 Å². The van der Waals surface area contributed by atoms with Crippen LogP contribution >= 0.6 is 0 Å². The molecule has 0 bridgehead atoms. The highest BCUT2D eigenvalue weighted by atomic mass is 19.4. The molecule has 0 amide bonds. The SMILES string of the molecule is C/C(=N/OCc1ccc(C(F)(F)F)cc1)c1cc(-c2ccc(F)cc2)n(-c2ccc(F)cc2)c1C. The summed E-state index contributed by atoms with van der Waals surface area (Å²) in [6, 6.07) is 18.6. The average molecular weight is 484 g/mol. The van der Waals surface area contributed by atoms with Crippen molar-refractivity contribution in [2.75, 3.05) is 0 Å². The summed E-state index contributed by atoms with van der Waals surface area (Å²) in [7, 11) is 0. The molecule has 0 aliphatic rings. The summed E-state index contributed by atoms with van der Waals surface area (Å²) in [5.41, 5.74) is 4.13. The van der Waals surface area contributed by atoms with E-state index in [2.05, 4.69) is 5.16 Å². The van der Waals surface area contributed by atoms with E-state index in [0.29, 0.717) is 17.0 Å². The van der Waals surface area contributed by atoms with Crippen molar-refractivity contribution in [2.24, 2.45) is 5.16 Å². The number of aromatic nitrogens is 1. The van der Waals surface area contributed by atoms with Gasteiger partial charge in [0, 0.05) is 16.9 Å². The quantitative estimate of drug-likeness (QED) is 0.157. The number of oxime groups is 1. The molecule has 0 fully saturated rings. The van der Waals surface area contributed by atoms with E-state index in [0.717, 1.165) is 34.6 Å². The topological polar surface area (TPSA) is 26.5 Å². The Labute approximate surface area is 199 Å². The van der Waals surface area contributed by atoms with Crippen molar-refractivity contribution in [1.29, 1.82) is 0 Å². The molecule has 0 aliphatic heterocycles. The Kier molecular flexibility index (Phi) is 6.73. The maximum atomic E-state index is 13.5. The van der Waals surface area contributed by atoms with Crippen LogP contribution in [-0.4, -0.2) is 10.3 Å². The maximum absolute atomic E-state index is 13.5. The number of rotatable bonds is 6. The third-order valence-corrected chi connectivity index (χ3v) is 5.58. The third-order valence-electron chi connectivity index (χ3n) is 5.58. The van der Waals surface area contributed by atoms with E-state index in [1.807, 2.05) is 17.6 Å². The van der Waals surface area contributed by atoms with Gasteiger partial charge >= 0.3 is 6.18 Å². The van der Waals surface area contributed by atoms with Crippen LogP contribution in [0.4, 0.5) is 22.0 Å². The summed E-state index contributed by atoms with van der Waals surface area (Å²) in [6.07, 6.45) is -4.40. The largest absolute Gasteiger partial charge is 0.416 e. The Bertz CT molecular complexity index is 1340. The van der Waals surface area contributed by atoms with E-state index in [1.54, 1.807) is 31.2 Å². The van der Waals surface area contributed by atoms with Crippen LogP contribution < -0.4 is 0 Å². The standard InChI is InChI=1S/C27H21F5N2O/c1-17(33-35-16-19-3-7-21(8-4-19)27(30,31)32)25-15-26(20-5-9-22(28)10-6-20)34(18(25)2)24-13-11-23(29)12-14-24/h3-15H,16H2,1-2H3/b33-17-. The first-order valence-corrected chi connectivity index (χ1v) is 10.7. The molecule has 0 aliphatic carbocycles. The van der Waals surface area contributed by atoms with Crippen LogP contribution in [0.5, 0.6) is 0 Å². The van der Waals surface area contributed by atoms with Gasteiger partial charge in [-0.3, -0.25) is 0 Å². The summed E-state index contributed by atoms with van der Waals surface area (Å²) in [6.45, 7) is 3.62. The van der Waals surface area contributed by atoms with Gasteiger partial charge in [0.15, 0.2) is 0 Å². The second-order valence-electron chi connectivity index (χ2n) is 7.99. The monoisotopic (exact) mass is 484 g/mol. The van der Waals surface area contributed by atoms with Gasteiger partial charge in [0.2, 0.25) is 0 Å². The van der Waals surface area contributed by atoms with Crippen LogP contribution in [0.3, 0.4) is 0 Å². The van der Waals surface area contributed by atoms with Gasteiger partial charge in [0.25, 0.3) is 0 Å². The molecule has 0 saturated heterocycles. The molecule has 1 aromatic heterocycles. The molecule has 3 nitrogen and oxygen atoms in total. The molecule has 3 aromatic carbocycles. The second-order valence-corrected chi connectivity index (χ2v) is 7.99. The van der Waals surface area contributed by atoms with Crippen LogP contribution in [-0.2, 0) is 17.6 Å². The van der Waals surface area contributed by atoms with Crippen molar-refractivity contribution >= 4 is 5.71 Å². The van der Waals surface area contributed by atoms with Crippen molar-refractivity contribution in [1.82, 2.24) is 4.57 Å². The van der Waals surface area contributed by atoms with Gasteiger partial charge < -0.3 is 9.40 Å². The highest BCUT2D eigenvalue weighted by Crippen LogP contribution is 2.31. The van der Waals surface area contributed by atoms with Gasteiger partial charge in [-0.15, -0.1) is 0 Å². The first-order valence-electron chi connectivity index (χ1n) is 10.7. The lowest BCUT2D eigenvalue weighted by molar-refractivity contribution is -0.137. The number of alkyl halides is 3. The van der Waals surface area contributed by atoms with E-state index in [9.17, 15) is 22.0 Å². The zero-order valence-corrected chi connectivity index (χ0v) is 18.9. The first-order chi connectivity index (χ1) is 16.6. The predicted molar refractivity (Wildman–Crippen MR) is 124 cm³/mol. The van der Waals surface area contributed by atoms with E-state index in [1.165, 1.54) is 36.4 Å². The number of hydrogen-bond donors (Lipinski definition) is 0. The van der Waals surface area contributed by atoms with Crippen LogP contribution in [0, 0.1) is 18.6 Å². The Morgan fingerprint density at radius 3 is 2.00 bits per heavy atom. The lowest BCUT2D eigenvalue weighted by Gasteiger charge is -2.12. The van der Waals surface area contributed by atoms with E-state index < -0.39 is 11.7 Å². The van der Waals surface area contributed by atoms with E-state index in [4.69, 9.17) is 4.84 Å². The van der Waals surface area contributed by atoms with Crippen LogP contribution in [0.1, 0.15) is 29.3 Å². The van der Waals surface area contributed by atoms with Gasteiger partial charge in [-0.25, -0.2) is 8.78 Å². The van der Waals surface area contributed by atoms with Crippen LogP contribution in [0.25, 0.3) is 16.9 Å². The lowest BCUT2D eigenvalue weighted by Crippen LogP contribution is -2.04. The summed E-state index contributed by atoms with van der Waals surface area (Å²) < 4.78 is 67.1. The molecule has 180 valence electrons. The molecule has 35 heavy (non-hydrogen) atoms. The van der Waals surface area contributed by atoms with Crippen molar-refractivity contribution < 1.29 is 26.8 Å². The average Bonchev–Trinajstić information content (AvgIpc) is 3.17. The van der Waals surface area contributed by atoms with Gasteiger partial charge in [0.05, 0.1) is 17.0 Å². The number of benzene rings is 3. The molecule has 0 radical (unpaired) electrons.